The zero-order valence-electron chi connectivity index (χ0n) is 15.2. The third-order valence-electron chi connectivity index (χ3n) is 6.86. The number of hydrogen-bond donors (Lipinski definition) is 1. The molecule has 1 spiro atoms. The van der Waals surface area contributed by atoms with Gasteiger partial charge in [0, 0.05) is 23.9 Å². The summed E-state index contributed by atoms with van der Waals surface area (Å²) in [7, 11) is 0. The molecule has 0 unspecified atom stereocenters. The van der Waals surface area contributed by atoms with E-state index in [4.69, 9.17) is 19.2 Å². The van der Waals surface area contributed by atoms with Gasteiger partial charge in [-0.05, 0) is 44.9 Å². The molecule has 144 valence electrons. The molecule has 4 saturated heterocycles. The Hall–Kier alpha value is -0.250. The Morgan fingerprint density at radius 1 is 1.27 bits per heavy atom. The zero-order chi connectivity index (χ0) is 18.2. The van der Waals surface area contributed by atoms with Crippen molar-refractivity contribution in [2.45, 2.75) is 74.7 Å². The van der Waals surface area contributed by atoms with Crippen LogP contribution < -0.4 is 5.32 Å². The van der Waals surface area contributed by atoms with Gasteiger partial charge in [-0.15, -0.1) is 11.3 Å². The van der Waals surface area contributed by atoms with Crippen molar-refractivity contribution in [1.82, 2.24) is 4.98 Å². The van der Waals surface area contributed by atoms with Gasteiger partial charge in [-0.2, -0.15) is 0 Å². The SMILES string of the molecule is C[C@@H]1CC[C@H]2[C@](C)(Br)[C@@H](Nc3nccs3)O[C@@H]3O[C@@]4(C)CC[C@@H]1[C@]32OO4. The highest BCUT2D eigenvalue weighted by atomic mass is 79.9. The minimum absolute atomic E-state index is 0.204. The van der Waals surface area contributed by atoms with Crippen molar-refractivity contribution in [3.63, 3.8) is 0 Å². The smallest absolute Gasteiger partial charge is 0.201 e. The number of aromatic nitrogens is 1. The van der Waals surface area contributed by atoms with Crippen molar-refractivity contribution >= 4 is 32.4 Å². The molecule has 5 heterocycles. The molecular formula is C18H25BrN2O4S. The molecule has 26 heavy (non-hydrogen) atoms. The largest absolute Gasteiger partial charge is 0.335 e. The van der Waals surface area contributed by atoms with Crippen molar-refractivity contribution in [2.24, 2.45) is 17.8 Å². The molecule has 1 aromatic heterocycles. The fourth-order valence-electron chi connectivity index (χ4n) is 5.46. The Labute approximate surface area is 166 Å². The normalized spacial score (nSPS) is 53.0. The summed E-state index contributed by atoms with van der Waals surface area (Å²) in [6.45, 7) is 6.46. The highest BCUT2D eigenvalue weighted by Gasteiger charge is 2.72. The third-order valence-corrected chi connectivity index (χ3v) is 8.53. The van der Waals surface area contributed by atoms with E-state index in [-0.39, 0.29) is 16.5 Å². The quantitative estimate of drug-likeness (QED) is 0.542. The van der Waals surface area contributed by atoms with Crippen molar-refractivity contribution in [3.8, 4) is 0 Å². The lowest BCUT2D eigenvalue weighted by molar-refractivity contribution is -0.568. The minimum Gasteiger partial charge on any atom is -0.335 e. The van der Waals surface area contributed by atoms with Crippen LogP contribution in [0.5, 0.6) is 0 Å². The predicted octanol–water partition coefficient (Wildman–Crippen LogP) is 4.28. The summed E-state index contributed by atoms with van der Waals surface area (Å²) in [5.74, 6) is 0.364. The molecule has 6 nitrogen and oxygen atoms in total. The summed E-state index contributed by atoms with van der Waals surface area (Å²) in [5, 5.41) is 6.25. The molecule has 0 radical (unpaired) electrons. The van der Waals surface area contributed by atoms with Gasteiger partial charge in [0.2, 0.25) is 5.79 Å². The van der Waals surface area contributed by atoms with Gasteiger partial charge in [-0.25, -0.2) is 14.8 Å². The fraction of sp³-hybridized carbons (Fsp3) is 0.833. The summed E-state index contributed by atoms with van der Waals surface area (Å²) < 4.78 is 12.6. The number of anilines is 1. The minimum atomic E-state index is -0.747. The number of nitrogens with one attached hydrogen (secondary N) is 1. The highest BCUT2D eigenvalue weighted by molar-refractivity contribution is 9.10. The van der Waals surface area contributed by atoms with Crippen LogP contribution in [-0.4, -0.2) is 33.2 Å². The maximum absolute atomic E-state index is 6.52. The first kappa shape index (κ1) is 17.8. The lowest BCUT2D eigenvalue weighted by Crippen LogP contribution is -2.74. The van der Waals surface area contributed by atoms with Crippen LogP contribution in [-0.2, 0) is 19.2 Å². The van der Waals surface area contributed by atoms with Gasteiger partial charge < -0.3 is 14.8 Å². The maximum atomic E-state index is 6.52. The Bertz CT molecular complexity index is 689. The molecule has 4 aliphatic heterocycles. The Balaban J connectivity index is 1.56. The number of hydrogen-bond acceptors (Lipinski definition) is 7. The highest BCUT2D eigenvalue weighted by Crippen LogP contribution is 2.63. The molecule has 1 aromatic rings. The van der Waals surface area contributed by atoms with E-state index in [1.54, 1.807) is 17.5 Å². The van der Waals surface area contributed by atoms with Gasteiger partial charge in [-0.3, -0.25) is 0 Å². The number of alkyl halides is 1. The maximum Gasteiger partial charge on any atom is 0.201 e. The molecule has 5 aliphatic rings. The second kappa shape index (κ2) is 5.87. The van der Waals surface area contributed by atoms with E-state index in [0.717, 1.165) is 24.4 Å². The molecule has 5 fully saturated rings. The monoisotopic (exact) mass is 444 g/mol. The first-order chi connectivity index (χ1) is 12.4. The van der Waals surface area contributed by atoms with Gasteiger partial charge >= 0.3 is 0 Å². The number of fused-ring (bicyclic) bond motifs is 2. The van der Waals surface area contributed by atoms with Crippen LogP contribution in [0.3, 0.4) is 0 Å². The second-order valence-electron chi connectivity index (χ2n) is 8.51. The summed E-state index contributed by atoms with van der Waals surface area (Å²) in [5.41, 5.74) is -0.576. The van der Waals surface area contributed by atoms with Crippen LogP contribution in [0.25, 0.3) is 0 Å². The molecular weight excluding hydrogens is 420 g/mol. The van der Waals surface area contributed by atoms with Crippen LogP contribution >= 0.6 is 27.3 Å². The number of ether oxygens (including phenoxy) is 2. The van der Waals surface area contributed by atoms with E-state index in [1.165, 1.54) is 6.42 Å². The first-order valence-electron chi connectivity index (χ1n) is 9.40. The molecule has 2 bridgehead atoms. The number of thiazole rings is 1. The molecule has 8 atom stereocenters. The van der Waals surface area contributed by atoms with Crippen molar-refractivity contribution in [3.05, 3.63) is 11.6 Å². The van der Waals surface area contributed by atoms with Crippen LogP contribution in [0, 0.1) is 17.8 Å². The van der Waals surface area contributed by atoms with Crippen LogP contribution in [0.15, 0.2) is 11.6 Å². The number of nitrogens with zero attached hydrogens (tertiary/aromatic N) is 1. The van der Waals surface area contributed by atoms with Crippen LogP contribution in [0.2, 0.25) is 0 Å². The predicted molar refractivity (Wildman–Crippen MR) is 101 cm³/mol. The average Bonchev–Trinajstić information content (AvgIpc) is 2.99. The van der Waals surface area contributed by atoms with E-state index in [0.29, 0.717) is 11.8 Å². The Kier molecular flexibility index (Phi) is 4.03. The first-order valence-corrected chi connectivity index (χ1v) is 11.1. The summed E-state index contributed by atoms with van der Waals surface area (Å²) >= 11 is 5.57. The molecule has 1 N–H and O–H groups in total. The molecule has 1 aliphatic carbocycles. The molecule has 0 aromatic carbocycles. The van der Waals surface area contributed by atoms with Crippen LogP contribution in [0.1, 0.15) is 46.5 Å². The Morgan fingerprint density at radius 2 is 2.12 bits per heavy atom. The molecule has 1 saturated carbocycles. The van der Waals surface area contributed by atoms with Gasteiger partial charge in [0.25, 0.3) is 0 Å². The molecule has 8 heteroatoms. The summed E-state index contributed by atoms with van der Waals surface area (Å²) in [4.78, 5) is 16.4. The van der Waals surface area contributed by atoms with Crippen molar-refractivity contribution in [1.29, 1.82) is 0 Å². The third kappa shape index (κ3) is 2.39. The fourth-order valence-corrected chi connectivity index (χ4v) is 6.82. The molecule has 0 amide bonds. The standard InChI is InChI=1S/C18H25BrN2O4S/c1-10-4-5-12-17(3,19)13(21-15-20-8-9-26-15)22-14-18(12)11(10)6-7-16(2,23-14)24-25-18/h8-14H,4-7H2,1-3H3,(H,20,21)/t10-,11+,12+,13+,14-,16-,17+,18-/m1/s1. The summed E-state index contributed by atoms with van der Waals surface area (Å²) in [6, 6.07) is 0. The van der Waals surface area contributed by atoms with E-state index < -0.39 is 17.7 Å². The lowest BCUT2D eigenvalue weighted by atomic mass is 9.58. The van der Waals surface area contributed by atoms with Gasteiger partial charge in [0.15, 0.2) is 17.0 Å². The number of rotatable bonds is 2. The lowest BCUT2D eigenvalue weighted by Gasteiger charge is -2.62. The topological polar surface area (TPSA) is 61.8 Å². The number of halogens is 1. The Morgan fingerprint density at radius 3 is 2.88 bits per heavy atom. The van der Waals surface area contributed by atoms with Crippen molar-refractivity contribution < 1.29 is 19.2 Å². The van der Waals surface area contributed by atoms with Gasteiger partial charge in [0.05, 0.1) is 4.32 Å². The van der Waals surface area contributed by atoms with Gasteiger partial charge in [0.1, 0.15) is 6.23 Å². The van der Waals surface area contributed by atoms with Crippen LogP contribution in [0.4, 0.5) is 5.13 Å². The molecule has 6 rings (SSSR count). The van der Waals surface area contributed by atoms with E-state index in [1.807, 2.05) is 12.3 Å². The van der Waals surface area contributed by atoms with Gasteiger partial charge in [-0.1, -0.05) is 22.9 Å². The second-order valence-corrected chi connectivity index (χ2v) is 11.1. The average molecular weight is 445 g/mol. The summed E-state index contributed by atoms with van der Waals surface area (Å²) in [6.07, 6.45) is 5.14. The zero-order valence-corrected chi connectivity index (χ0v) is 17.6. The van der Waals surface area contributed by atoms with E-state index >= 15 is 0 Å². The van der Waals surface area contributed by atoms with Crippen molar-refractivity contribution in [2.75, 3.05) is 5.32 Å². The van der Waals surface area contributed by atoms with E-state index in [9.17, 15) is 0 Å². The van der Waals surface area contributed by atoms with E-state index in [2.05, 4.69) is 40.1 Å².